The number of carbonyl (C=O) groups excluding carboxylic acids is 1. The molecule has 1 N–H and O–H groups in total. The summed E-state index contributed by atoms with van der Waals surface area (Å²) in [7, 11) is 0. The predicted octanol–water partition coefficient (Wildman–Crippen LogP) is 2.78. The first kappa shape index (κ1) is 15.7. The summed E-state index contributed by atoms with van der Waals surface area (Å²) in [6, 6.07) is 8.17. The number of aryl methyl sites for hydroxylation is 1. The average Bonchev–Trinajstić information content (AvgIpc) is 2.86. The highest BCUT2D eigenvalue weighted by Gasteiger charge is 2.28. The number of nitrogens with zero attached hydrogens (tertiary/aromatic N) is 2. The molecule has 0 amide bonds. The highest BCUT2D eigenvalue weighted by Crippen LogP contribution is 2.24. The summed E-state index contributed by atoms with van der Waals surface area (Å²) >= 11 is 0. The highest BCUT2D eigenvalue weighted by molar-refractivity contribution is 5.89. The standard InChI is InChI=1S/C18H23N3O2/c1-12-5-7-13(8-6-12)21-15-9-10-19-11-14(15)16(20-21)17(22)23-18(2,3)4/h5-8,19H,9-11H2,1-4H3. The lowest BCUT2D eigenvalue weighted by Gasteiger charge is -2.19. The lowest BCUT2D eigenvalue weighted by molar-refractivity contribution is 0.00610. The molecule has 5 heteroatoms. The summed E-state index contributed by atoms with van der Waals surface area (Å²) in [6.45, 7) is 9.19. The van der Waals surface area contributed by atoms with Crippen LogP contribution in [0.3, 0.4) is 0 Å². The number of hydrogen-bond donors (Lipinski definition) is 1. The van der Waals surface area contributed by atoms with Gasteiger partial charge in [-0.2, -0.15) is 5.10 Å². The van der Waals surface area contributed by atoms with Crippen molar-refractivity contribution in [3.05, 3.63) is 46.8 Å². The normalized spacial score (nSPS) is 14.4. The Morgan fingerprint density at radius 1 is 1.26 bits per heavy atom. The lowest BCUT2D eigenvalue weighted by atomic mass is 10.1. The summed E-state index contributed by atoms with van der Waals surface area (Å²) in [5.41, 5.74) is 4.11. The van der Waals surface area contributed by atoms with Crippen LogP contribution in [0.5, 0.6) is 0 Å². The average molecular weight is 313 g/mol. The van der Waals surface area contributed by atoms with Gasteiger partial charge in [-0.05, 0) is 39.8 Å². The van der Waals surface area contributed by atoms with Crippen LogP contribution in [-0.4, -0.2) is 27.9 Å². The van der Waals surface area contributed by atoms with Gasteiger partial charge in [-0.1, -0.05) is 17.7 Å². The van der Waals surface area contributed by atoms with E-state index in [1.807, 2.05) is 37.6 Å². The maximum Gasteiger partial charge on any atom is 0.359 e. The van der Waals surface area contributed by atoms with Crippen LogP contribution in [0.2, 0.25) is 0 Å². The summed E-state index contributed by atoms with van der Waals surface area (Å²) in [6.07, 6.45) is 0.846. The predicted molar refractivity (Wildman–Crippen MR) is 88.9 cm³/mol. The van der Waals surface area contributed by atoms with Gasteiger partial charge < -0.3 is 10.1 Å². The Kier molecular flexibility index (Phi) is 3.98. The van der Waals surface area contributed by atoms with E-state index in [0.29, 0.717) is 12.2 Å². The van der Waals surface area contributed by atoms with Crippen LogP contribution in [0.1, 0.15) is 48.1 Å². The third-order valence-electron chi connectivity index (χ3n) is 3.80. The van der Waals surface area contributed by atoms with E-state index in [0.717, 1.165) is 29.9 Å². The number of fused-ring (bicyclic) bond motifs is 1. The van der Waals surface area contributed by atoms with Gasteiger partial charge in [-0.15, -0.1) is 0 Å². The first-order valence-electron chi connectivity index (χ1n) is 7.97. The molecule has 23 heavy (non-hydrogen) atoms. The summed E-state index contributed by atoms with van der Waals surface area (Å²) < 4.78 is 7.40. The molecule has 0 unspecified atom stereocenters. The molecule has 5 nitrogen and oxygen atoms in total. The fourth-order valence-corrected chi connectivity index (χ4v) is 2.74. The zero-order chi connectivity index (χ0) is 16.6. The van der Waals surface area contributed by atoms with E-state index in [1.54, 1.807) is 0 Å². The topological polar surface area (TPSA) is 56.2 Å². The first-order valence-corrected chi connectivity index (χ1v) is 7.97. The van der Waals surface area contributed by atoms with Gasteiger partial charge in [0.15, 0.2) is 5.69 Å². The molecule has 2 heterocycles. The second-order valence-corrected chi connectivity index (χ2v) is 6.95. The van der Waals surface area contributed by atoms with Gasteiger partial charge in [0.2, 0.25) is 0 Å². The molecule has 3 rings (SSSR count). The zero-order valence-corrected chi connectivity index (χ0v) is 14.1. The van der Waals surface area contributed by atoms with Crippen LogP contribution in [0.4, 0.5) is 0 Å². The maximum atomic E-state index is 12.5. The SMILES string of the molecule is Cc1ccc(-n2nc(C(=O)OC(C)(C)C)c3c2CCNC3)cc1. The quantitative estimate of drug-likeness (QED) is 0.866. The Balaban J connectivity index is 2.05. The molecule has 0 fully saturated rings. The van der Waals surface area contributed by atoms with Crippen molar-refractivity contribution < 1.29 is 9.53 Å². The van der Waals surface area contributed by atoms with Crippen LogP contribution < -0.4 is 5.32 Å². The fourth-order valence-electron chi connectivity index (χ4n) is 2.74. The molecule has 0 saturated heterocycles. The zero-order valence-electron chi connectivity index (χ0n) is 14.1. The van der Waals surface area contributed by atoms with Crippen LogP contribution in [0.25, 0.3) is 5.69 Å². The van der Waals surface area contributed by atoms with Gasteiger partial charge in [0.25, 0.3) is 0 Å². The van der Waals surface area contributed by atoms with Gasteiger partial charge in [-0.25, -0.2) is 9.48 Å². The molecule has 0 aliphatic carbocycles. The monoisotopic (exact) mass is 313 g/mol. The summed E-state index contributed by atoms with van der Waals surface area (Å²) in [5.74, 6) is -0.358. The van der Waals surface area contributed by atoms with Gasteiger partial charge in [0.05, 0.1) is 11.4 Å². The number of hydrogen-bond acceptors (Lipinski definition) is 4. The number of rotatable bonds is 2. The maximum absolute atomic E-state index is 12.5. The third-order valence-corrected chi connectivity index (χ3v) is 3.80. The summed E-state index contributed by atoms with van der Waals surface area (Å²) in [4.78, 5) is 12.5. The molecule has 1 aliphatic rings. The van der Waals surface area contributed by atoms with E-state index < -0.39 is 5.60 Å². The first-order chi connectivity index (χ1) is 10.8. The highest BCUT2D eigenvalue weighted by atomic mass is 16.6. The molecule has 1 aliphatic heterocycles. The van der Waals surface area contributed by atoms with Crippen molar-refractivity contribution >= 4 is 5.97 Å². The van der Waals surface area contributed by atoms with Crippen LogP contribution in [0, 0.1) is 6.92 Å². The van der Waals surface area contributed by atoms with Gasteiger partial charge >= 0.3 is 5.97 Å². The number of aromatic nitrogens is 2. The molecular formula is C18H23N3O2. The molecule has 2 aromatic rings. The number of ether oxygens (including phenoxy) is 1. The summed E-state index contributed by atoms with van der Waals surface area (Å²) in [5, 5.41) is 7.89. The Morgan fingerprint density at radius 3 is 2.61 bits per heavy atom. The fraction of sp³-hybridized carbons (Fsp3) is 0.444. The molecule has 0 atom stereocenters. The number of esters is 1. The van der Waals surface area contributed by atoms with E-state index in [9.17, 15) is 4.79 Å². The van der Waals surface area contributed by atoms with Crippen LogP contribution in [-0.2, 0) is 17.7 Å². The van der Waals surface area contributed by atoms with E-state index in [4.69, 9.17) is 4.74 Å². The van der Waals surface area contributed by atoms with Crippen molar-refractivity contribution in [2.24, 2.45) is 0 Å². The minimum Gasteiger partial charge on any atom is -0.455 e. The third kappa shape index (κ3) is 3.29. The molecule has 0 saturated carbocycles. The molecule has 0 radical (unpaired) electrons. The Labute approximate surface area is 136 Å². The second-order valence-electron chi connectivity index (χ2n) is 6.95. The van der Waals surface area contributed by atoms with Crippen LogP contribution in [0.15, 0.2) is 24.3 Å². The van der Waals surface area contributed by atoms with Crippen molar-refractivity contribution in [3.8, 4) is 5.69 Å². The second kappa shape index (κ2) is 5.81. The van der Waals surface area contributed by atoms with Crippen molar-refractivity contribution in [2.45, 2.75) is 46.3 Å². The largest absolute Gasteiger partial charge is 0.455 e. The van der Waals surface area contributed by atoms with Gasteiger partial charge in [0, 0.05) is 25.1 Å². The number of benzene rings is 1. The van der Waals surface area contributed by atoms with Crippen molar-refractivity contribution in [1.82, 2.24) is 15.1 Å². The Morgan fingerprint density at radius 2 is 1.96 bits per heavy atom. The Bertz CT molecular complexity index is 724. The van der Waals surface area contributed by atoms with E-state index in [1.165, 1.54) is 5.56 Å². The molecular weight excluding hydrogens is 290 g/mol. The van der Waals surface area contributed by atoms with E-state index >= 15 is 0 Å². The number of carbonyl (C=O) groups is 1. The lowest BCUT2D eigenvalue weighted by Crippen LogP contribution is -2.27. The van der Waals surface area contributed by atoms with Crippen molar-refractivity contribution in [3.63, 3.8) is 0 Å². The number of nitrogens with one attached hydrogen (secondary N) is 1. The van der Waals surface area contributed by atoms with Gasteiger partial charge in [-0.3, -0.25) is 0 Å². The van der Waals surface area contributed by atoms with E-state index in [-0.39, 0.29) is 5.97 Å². The minimum atomic E-state index is -0.528. The van der Waals surface area contributed by atoms with E-state index in [2.05, 4.69) is 29.5 Å². The van der Waals surface area contributed by atoms with Crippen molar-refractivity contribution in [2.75, 3.05) is 6.54 Å². The molecule has 0 bridgehead atoms. The Hall–Kier alpha value is -2.14. The molecule has 1 aromatic heterocycles. The molecule has 0 spiro atoms. The minimum absolute atomic E-state index is 0.358. The molecule has 122 valence electrons. The van der Waals surface area contributed by atoms with Gasteiger partial charge in [0.1, 0.15) is 5.60 Å². The van der Waals surface area contributed by atoms with Crippen LogP contribution >= 0.6 is 0 Å². The smallest absolute Gasteiger partial charge is 0.359 e. The molecule has 1 aromatic carbocycles. The van der Waals surface area contributed by atoms with Crippen molar-refractivity contribution in [1.29, 1.82) is 0 Å².